The minimum Gasteiger partial charge on any atom is -0.389 e. The fraction of sp³-hybridized carbons (Fsp3) is 1.00. The highest BCUT2D eigenvalue weighted by Crippen LogP contribution is 2.27. The van der Waals surface area contributed by atoms with Crippen molar-refractivity contribution in [3.63, 3.8) is 0 Å². The molecule has 0 aromatic carbocycles. The molecule has 2 bridgehead atoms. The van der Waals surface area contributed by atoms with Crippen LogP contribution in [0.1, 0.15) is 12.8 Å². The van der Waals surface area contributed by atoms with E-state index in [1.165, 1.54) is 25.9 Å². The summed E-state index contributed by atoms with van der Waals surface area (Å²) in [6, 6.07) is 0.582. The van der Waals surface area contributed by atoms with Crippen LogP contribution in [0.25, 0.3) is 0 Å². The van der Waals surface area contributed by atoms with Gasteiger partial charge in [-0.15, -0.1) is 0 Å². The Bertz CT molecular complexity index is 193. The number of hydrogen-bond donors (Lipinski definition) is 2. The van der Waals surface area contributed by atoms with E-state index in [1.54, 1.807) is 7.11 Å². The van der Waals surface area contributed by atoms with E-state index in [1.807, 2.05) is 0 Å². The van der Waals surface area contributed by atoms with Crippen LogP contribution in [-0.2, 0) is 4.74 Å². The SMILES string of the molecule is COCC(O)CNC1CN2CCC1CC2. The summed E-state index contributed by atoms with van der Waals surface area (Å²) in [5, 5.41) is 13.0. The average molecular weight is 214 g/mol. The lowest BCUT2D eigenvalue weighted by Crippen LogP contribution is -2.57. The van der Waals surface area contributed by atoms with E-state index in [0.717, 1.165) is 12.5 Å². The Morgan fingerprint density at radius 2 is 2.20 bits per heavy atom. The molecule has 3 aliphatic rings. The zero-order chi connectivity index (χ0) is 10.7. The van der Waals surface area contributed by atoms with Crippen molar-refractivity contribution in [1.82, 2.24) is 10.2 Å². The third kappa shape index (κ3) is 2.91. The number of piperidine rings is 3. The second-order valence-electron chi connectivity index (χ2n) is 4.76. The number of hydrogen-bond acceptors (Lipinski definition) is 4. The second kappa shape index (κ2) is 5.25. The van der Waals surface area contributed by atoms with Gasteiger partial charge in [0.25, 0.3) is 0 Å². The van der Waals surface area contributed by atoms with Gasteiger partial charge < -0.3 is 20.1 Å². The fourth-order valence-corrected chi connectivity index (χ4v) is 2.74. The molecule has 0 aromatic heterocycles. The molecule has 0 aliphatic carbocycles. The van der Waals surface area contributed by atoms with Gasteiger partial charge in [0, 0.05) is 26.2 Å². The van der Waals surface area contributed by atoms with Crippen LogP contribution in [0.2, 0.25) is 0 Å². The van der Waals surface area contributed by atoms with Crippen LogP contribution < -0.4 is 5.32 Å². The summed E-state index contributed by atoms with van der Waals surface area (Å²) in [5.41, 5.74) is 0. The number of fused-ring (bicyclic) bond motifs is 3. The molecule has 0 amide bonds. The highest BCUT2D eigenvalue weighted by atomic mass is 16.5. The van der Waals surface area contributed by atoms with Crippen LogP contribution >= 0.6 is 0 Å². The highest BCUT2D eigenvalue weighted by Gasteiger charge is 2.33. The smallest absolute Gasteiger partial charge is 0.0897 e. The summed E-state index contributed by atoms with van der Waals surface area (Å²) >= 11 is 0. The zero-order valence-electron chi connectivity index (χ0n) is 9.48. The van der Waals surface area contributed by atoms with Gasteiger partial charge in [-0.25, -0.2) is 0 Å². The molecule has 0 radical (unpaired) electrons. The predicted octanol–water partition coefficient (Wildman–Crippen LogP) is -0.322. The Kier molecular flexibility index (Phi) is 3.97. The van der Waals surface area contributed by atoms with E-state index in [2.05, 4.69) is 10.2 Å². The molecule has 4 nitrogen and oxygen atoms in total. The average Bonchev–Trinajstić information content (AvgIpc) is 2.28. The van der Waals surface area contributed by atoms with Crippen LogP contribution in [0, 0.1) is 5.92 Å². The van der Waals surface area contributed by atoms with Crippen molar-refractivity contribution in [2.75, 3.05) is 39.9 Å². The largest absolute Gasteiger partial charge is 0.389 e. The molecule has 4 heteroatoms. The van der Waals surface area contributed by atoms with Crippen molar-refractivity contribution >= 4 is 0 Å². The van der Waals surface area contributed by atoms with E-state index in [4.69, 9.17) is 4.74 Å². The van der Waals surface area contributed by atoms with Crippen molar-refractivity contribution in [3.8, 4) is 0 Å². The number of aliphatic hydroxyl groups excluding tert-OH is 1. The lowest BCUT2D eigenvalue weighted by molar-refractivity contribution is 0.0409. The Hall–Kier alpha value is -0.160. The quantitative estimate of drug-likeness (QED) is 0.658. The van der Waals surface area contributed by atoms with Gasteiger partial charge in [0.05, 0.1) is 12.7 Å². The summed E-state index contributed by atoms with van der Waals surface area (Å²) < 4.78 is 4.91. The Labute approximate surface area is 91.6 Å². The maximum absolute atomic E-state index is 9.55. The molecule has 2 atom stereocenters. The number of nitrogens with one attached hydrogen (secondary N) is 1. The van der Waals surface area contributed by atoms with Crippen molar-refractivity contribution < 1.29 is 9.84 Å². The van der Waals surface area contributed by atoms with E-state index >= 15 is 0 Å². The molecule has 3 heterocycles. The highest BCUT2D eigenvalue weighted by molar-refractivity contribution is 4.91. The van der Waals surface area contributed by atoms with Gasteiger partial charge in [0.1, 0.15) is 0 Å². The van der Waals surface area contributed by atoms with Crippen molar-refractivity contribution in [1.29, 1.82) is 0 Å². The molecule has 0 aromatic rings. The molecule has 0 spiro atoms. The predicted molar refractivity (Wildman–Crippen MR) is 58.8 cm³/mol. The third-order valence-electron chi connectivity index (χ3n) is 3.63. The van der Waals surface area contributed by atoms with Gasteiger partial charge in [-0.1, -0.05) is 0 Å². The van der Waals surface area contributed by atoms with Gasteiger partial charge in [0.2, 0.25) is 0 Å². The maximum Gasteiger partial charge on any atom is 0.0897 e. The Balaban J connectivity index is 1.71. The number of aliphatic hydroxyl groups is 1. The minimum absolute atomic E-state index is 0.370. The normalized spacial score (nSPS) is 36.8. The van der Waals surface area contributed by atoms with Gasteiger partial charge in [-0.3, -0.25) is 0 Å². The molecule has 2 N–H and O–H groups in total. The summed E-state index contributed by atoms with van der Waals surface area (Å²) in [7, 11) is 1.62. The third-order valence-corrected chi connectivity index (χ3v) is 3.63. The standard InChI is InChI=1S/C11H22N2O2/c1-15-8-10(14)6-12-11-7-13-4-2-9(11)3-5-13/h9-12,14H,2-8H2,1H3. The van der Waals surface area contributed by atoms with E-state index in [9.17, 15) is 5.11 Å². The summed E-state index contributed by atoms with van der Waals surface area (Å²) in [6.45, 7) is 4.77. The monoisotopic (exact) mass is 214 g/mol. The summed E-state index contributed by atoms with van der Waals surface area (Å²) in [5.74, 6) is 0.824. The van der Waals surface area contributed by atoms with Gasteiger partial charge in [0.15, 0.2) is 0 Å². The lowest BCUT2D eigenvalue weighted by atomic mass is 9.84. The van der Waals surface area contributed by atoms with Crippen molar-refractivity contribution in [2.24, 2.45) is 5.92 Å². The second-order valence-corrected chi connectivity index (χ2v) is 4.76. The Morgan fingerprint density at radius 3 is 2.73 bits per heavy atom. The van der Waals surface area contributed by atoms with Crippen molar-refractivity contribution in [3.05, 3.63) is 0 Å². The van der Waals surface area contributed by atoms with Crippen LogP contribution in [0.15, 0.2) is 0 Å². The number of methoxy groups -OCH3 is 1. The van der Waals surface area contributed by atoms with Crippen LogP contribution in [0.4, 0.5) is 0 Å². The van der Waals surface area contributed by atoms with Gasteiger partial charge >= 0.3 is 0 Å². The van der Waals surface area contributed by atoms with E-state index < -0.39 is 0 Å². The molecule has 88 valence electrons. The van der Waals surface area contributed by atoms with E-state index in [-0.39, 0.29) is 6.10 Å². The van der Waals surface area contributed by atoms with Gasteiger partial charge in [-0.05, 0) is 31.8 Å². The number of ether oxygens (including phenoxy) is 1. The van der Waals surface area contributed by atoms with E-state index in [0.29, 0.717) is 19.2 Å². The van der Waals surface area contributed by atoms with Crippen LogP contribution in [0.3, 0.4) is 0 Å². The molecular formula is C11H22N2O2. The Morgan fingerprint density at radius 1 is 1.47 bits per heavy atom. The number of rotatable bonds is 5. The topological polar surface area (TPSA) is 44.7 Å². The van der Waals surface area contributed by atoms with Crippen LogP contribution in [0.5, 0.6) is 0 Å². The first-order chi connectivity index (χ1) is 7.29. The van der Waals surface area contributed by atoms with Crippen molar-refractivity contribution in [2.45, 2.75) is 25.0 Å². The molecule has 3 aliphatic heterocycles. The maximum atomic E-state index is 9.55. The summed E-state index contributed by atoms with van der Waals surface area (Å²) in [6.07, 6.45) is 2.27. The molecule has 3 rings (SSSR count). The summed E-state index contributed by atoms with van der Waals surface area (Å²) in [4.78, 5) is 2.51. The molecule has 15 heavy (non-hydrogen) atoms. The first-order valence-electron chi connectivity index (χ1n) is 5.92. The van der Waals surface area contributed by atoms with Gasteiger partial charge in [-0.2, -0.15) is 0 Å². The molecule has 3 fully saturated rings. The first-order valence-corrected chi connectivity index (χ1v) is 5.92. The molecule has 3 saturated heterocycles. The molecular weight excluding hydrogens is 192 g/mol. The van der Waals surface area contributed by atoms with Crippen LogP contribution in [-0.4, -0.2) is 62.0 Å². The number of nitrogens with zero attached hydrogens (tertiary/aromatic N) is 1. The first kappa shape index (κ1) is 11.3. The fourth-order valence-electron chi connectivity index (χ4n) is 2.74. The molecule has 0 saturated carbocycles. The zero-order valence-corrected chi connectivity index (χ0v) is 9.48. The molecule has 2 unspecified atom stereocenters. The minimum atomic E-state index is -0.370. The lowest BCUT2D eigenvalue weighted by Gasteiger charge is -2.45.